The van der Waals surface area contributed by atoms with Gasteiger partial charge in [0.25, 0.3) is 0 Å². The lowest BCUT2D eigenvalue weighted by atomic mass is 10.1. The molecule has 0 spiro atoms. The Balaban J connectivity index is 3.05. The van der Waals surface area contributed by atoms with Crippen molar-refractivity contribution in [3.05, 3.63) is 48.6 Å². The van der Waals surface area contributed by atoms with Crippen molar-refractivity contribution < 1.29 is 4.79 Å². The Morgan fingerprint density at radius 3 is 2.46 bits per heavy atom. The molecular weight excluding hydrogens is 162 g/mol. The lowest BCUT2D eigenvalue weighted by Crippen LogP contribution is -1.99. The zero-order valence-electron chi connectivity index (χ0n) is 7.53. The van der Waals surface area contributed by atoms with E-state index in [0.29, 0.717) is 5.71 Å². The lowest BCUT2D eigenvalue weighted by molar-refractivity contribution is -0.115. The lowest BCUT2D eigenvalue weighted by Gasteiger charge is -1.98. The summed E-state index contributed by atoms with van der Waals surface area (Å²) in [6.07, 6.45) is 1.58. The Hall–Kier alpha value is -1.70. The SMILES string of the molecule is C=CC(=NC(C)=O)c1ccccc1. The summed E-state index contributed by atoms with van der Waals surface area (Å²) in [7, 11) is 0. The molecule has 2 nitrogen and oxygen atoms in total. The summed E-state index contributed by atoms with van der Waals surface area (Å²) in [4.78, 5) is 14.6. The van der Waals surface area contributed by atoms with Crippen LogP contribution in [0.5, 0.6) is 0 Å². The molecule has 13 heavy (non-hydrogen) atoms. The Bertz CT molecular complexity index is 338. The molecule has 0 aromatic heterocycles. The highest BCUT2D eigenvalue weighted by molar-refractivity contribution is 6.12. The van der Waals surface area contributed by atoms with Gasteiger partial charge in [-0.3, -0.25) is 4.79 Å². The monoisotopic (exact) mass is 173 g/mol. The standard InChI is InChI=1S/C11H11NO/c1-3-11(12-9(2)13)10-7-5-4-6-8-10/h3-8H,1H2,2H3. The Labute approximate surface area is 77.6 Å². The van der Waals surface area contributed by atoms with E-state index in [1.54, 1.807) is 6.08 Å². The zero-order chi connectivity index (χ0) is 9.68. The van der Waals surface area contributed by atoms with Crippen LogP contribution in [0.2, 0.25) is 0 Å². The fraction of sp³-hybridized carbons (Fsp3) is 0.0909. The van der Waals surface area contributed by atoms with Gasteiger partial charge in [0.1, 0.15) is 0 Å². The molecule has 0 atom stereocenters. The van der Waals surface area contributed by atoms with Crippen LogP contribution in [0, 0.1) is 0 Å². The molecule has 0 heterocycles. The van der Waals surface area contributed by atoms with E-state index in [2.05, 4.69) is 11.6 Å². The number of hydrogen-bond acceptors (Lipinski definition) is 1. The van der Waals surface area contributed by atoms with Gasteiger partial charge >= 0.3 is 0 Å². The topological polar surface area (TPSA) is 29.4 Å². The second kappa shape index (κ2) is 4.36. The summed E-state index contributed by atoms with van der Waals surface area (Å²) in [5, 5.41) is 0. The second-order valence-corrected chi connectivity index (χ2v) is 2.59. The highest BCUT2D eigenvalue weighted by Gasteiger charge is 1.98. The molecule has 0 unspecified atom stereocenters. The van der Waals surface area contributed by atoms with E-state index in [9.17, 15) is 4.79 Å². The maximum absolute atomic E-state index is 10.8. The van der Waals surface area contributed by atoms with Crippen molar-refractivity contribution in [1.82, 2.24) is 0 Å². The first kappa shape index (κ1) is 9.39. The molecule has 0 radical (unpaired) electrons. The minimum atomic E-state index is -0.209. The van der Waals surface area contributed by atoms with Crippen LogP contribution in [0.1, 0.15) is 12.5 Å². The van der Waals surface area contributed by atoms with Crippen molar-refractivity contribution in [2.75, 3.05) is 0 Å². The normalized spacial score (nSPS) is 11.0. The van der Waals surface area contributed by atoms with E-state index in [-0.39, 0.29) is 5.91 Å². The van der Waals surface area contributed by atoms with E-state index >= 15 is 0 Å². The van der Waals surface area contributed by atoms with Gasteiger partial charge in [0, 0.05) is 12.5 Å². The third-order valence-corrected chi connectivity index (χ3v) is 1.54. The summed E-state index contributed by atoms with van der Waals surface area (Å²) in [6, 6.07) is 9.49. The molecule has 0 saturated heterocycles. The van der Waals surface area contributed by atoms with Crippen molar-refractivity contribution in [2.45, 2.75) is 6.92 Å². The van der Waals surface area contributed by atoms with Gasteiger partial charge in [-0.15, -0.1) is 0 Å². The minimum Gasteiger partial charge on any atom is -0.273 e. The number of amides is 1. The van der Waals surface area contributed by atoms with E-state index in [1.807, 2.05) is 30.3 Å². The number of benzene rings is 1. The number of aliphatic imine (C=N–C) groups is 1. The smallest absolute Gasteiger partial charge is 0.243 e. The van der Waals surface area contributed by atoms with Crippen molar-refractivity contribution >= 4 is 11.6 Å². The Morgan fingerprint density at radius 1 is 1.38 bits per heavy atom. The summed E-state index contributed by atoms with van der Waals surface area (Å²) < 4.78 is 0. The molecule has 1 aromatic carbocycles. The van der Waals surface area contributed by atoms with Crippen molar-refractivity contribution in [1.29, 1.82) is 0 Å². The maximum Gasteiger partial charge on any atom is 0.243 e. The highest BCUT2D eigenvalue weighted by atomic mass is 16.1. The van der Waals surface area contributed by atoms with Crippen LogP contribution in [0.4, 0.5) is 0 Å². The molecule has 0 saturated carbocycles. The molecule has 0 aliphatic rings. The molecule has 66 valence electrons. The maximum atomic E-state index is 10.8. The average molecular weight is 173 g/mol. The predicted molar refractivity (Wildman–Crippen MR) is 53.9 cm³/mol. The first-order valence-electron chi connectivity index (χ1n) is 4.01. The van der Waals surface area contributed by atoms with E-state index in [0.717, 1.165) is 5.56 Å². The molecular formula is C11H11NO. The van der Waals surface area contributed by atoms with Gasteiger partial charge in [-0.2, -0.15) is 0 Å². The fourth-order valence-electron chi connectivity index (χ4n) is 1.01. The van der Waals surface area contributed by atoms with Gasteiger partial charge in [-0.1, -0.05) is 36.9 Å². The van der Waals surface area contributed by atoms with Crippen molar-refractivity contribution in [2.24, 2.45) is 4.99 Å². The summed E-state index contributed by atoms with van der Waals surface area (Å²) >= 11 is 0. The largest absolute Gasteiger partial charge is 0.273 e. The van der Waals surface area contributed by atoms with Crippen LogP contribution in [-0.4, -0.2) is 11.6 Å². The van der Waals surface area contributed by atoms with E-state index in [4.69, 9.17) is 0 Å². The summed E-state index contributed by atoms with van der Waals surface area (Å²) in [6.45, 7) is 5.03. The third-order valence-electron chi connectivity index (χ3n) is 1.54. The van der Waals surface area contributed by atoms with Gasteiger partial charge in [-0.25, -0.2) is 4.99 Å². The van der Waals surface area contributed by atoms with Gasteiger partial charge in [0.2, 0.25) is 5.91 Å². The van der Waals surface area contributed by atoms with Crippen LogP contribution in [-0.2, 0) is 4.79 Å². The Morgan fingerprint density at radius 2 is 2.00 bits per heavy atom. The number of carbonyl (C=O) groups is 1. The van der Waals surface area contributed by atoms with Gasteiger partial charge in [-0.05, 0) is 6.08 Å². The average Bonchev–Trinajstić information content (AvgIpc) is 2.15. The summed E-state index contributed by atoms with van der Waals surface area (Å²) in [5.74, 6) is -0.209. The van der Waals surface area contributed by atoms with Crippen LogP contribution in [0.15, 0.2) is 48.0 Å². The number of hydrogen-bond donors (Lipinski definition) is 0. The highest BCUT2D eigenvalue weighted by Crippen LogP contribution is 2.02. The fourth-order valence-corrected chi connectivity index (χ4v) is 1.01. The first-order chi connectivity index (χ1) is 6.24. The first-order valence-corrected chi connectivity index (χ1v) is 4.01. The quantitative estimate of drug-likeness (QED) is 0.630. The molecule has 1 aromatic rings. The molecule has 0 fully saturated rings. The molecule has 2 heteroatoms. The number of allylic oxidation sites excluding steroid dienone is 1. The molecule has 0 aliphatic heterocycles. The van der Waals surface area contributed by atoms with Crippen LogP contribution in [0.25, 0.3) is 0 Å². The van der Waals surface area contributed by atoms with Gasteiger partial charge in [0.15, 0.2) is 0 Å². The third kappa shape index (κ3) is 2.67. The molecule has 1 rings (SSSR count). The number of nitrogens with zero attached hydrogens (tertiary/aromatic N) is 1. The van der Waals surface area contributed by atoms with Crippen LogP contribution < -0.4 is 0 Å². The van der Waals surface area contributed by atoms with Crippen molar-refractivity contribution in [3.63, 3.8) is 0 Å². The summed E-state index contributed by atoms with van der Waals surface area (Å²) in [5.41, 5.74) is 1.53. The molecule has 0 aliphatic carbocycles. The van der Waals surface area contributed by atoms with Gasteiger partial charge in [0.05, 0.1) is 5.71 Å². The molecule has 0 N–H and O–H groups in total. The minimum absolute atomic E-state index is 0.209. The molecule has 0 bridgehead atoms. The molecule has 1 amide bonds. The van der Waals surface area contributed by atoms with Crippen molar-refractivity contribution in [3.8, 4) is 0 Å². The second-order valence-electron chi connectivity index (χ2n) is 2.59. The van der Waals surface area contributed by atoms with E-state index < -0.39 is 0 Å². The number of rotatable bonds is 2. The van der Waals surface area contributed by atoms with E-state index in [1.165, 1.54) is 6.92 Å². The van der Waals surface area contributed by atoms with Crippen LogP contribution >= 0.6 is 0 Å². The van der Waals surface area contributed by atoms with Crippen LogP contribution in [0.3, 0.4) is 0 Å². The Kier molecular flexibility index (Phi) is 3.15. The predicted octanol–water partition coefficient (Wildman–Crippen LogP) is 2.21. The zero-order valence-corrected chi connectivity index (χ0v) is 7.53. The number of carbonyl (C=O) groups excluding carboxylic acids is 1. The van der Waals surface area contributed by atoms with Gasteiger partial charge < -0.3 is 0 Å².